The van der Waals surface area contributed by atoms with Crippen LogP contribution in [0.2, 0.25) is 0 Å². The van der Waals surface area contributed by atoms with Crippen molar-refractivity contribution in [2.75, 3.05) is 0 Å². The van der Waals surface area contributed by atoms with Gasteiger partial charge in [-0.3, -0.25) is 0 Å². The second-order valence-corrected chi connectivity index (χ2v) is 0. The van der Waals surface area contributed by atoms with Crippen molar-refractivity contribution in [3.05, 3.63) is 0 Å². The molecule has 0 heterocycles. The molecule has 5 heteroatoms. The molecule has 0 aliphatic rings. The van der Waals surface area contributed by atoms with Crippen molar-refractivity contribution in [2.45, 2.75) is 7.43 Å². The SMILES string of the molecule is C.[Cr].[Fe].[Mn].[Ni].[Ti]. The number of hydrogen-bond donors (Lipinski definition) is 0. The maximum absolute atomic E-state index is 0. The van der Waals surface area contributed by atoms with Crippen molar-refractivity contribution in [1.29, 1.82) is 0 Å². The van der Waals surface area contributed by atoms with Gasteiger partial charge in [0.15, 0.2) is 0 Å². The van der Waals surface area contributed by atoms with E-state index < -0.39 is 0 Å². The quantitative estimate of drug-likeness (QED) is 0.573. The van der Waals surface area contributed by atoms with E-state index >= 15 is 0 Å². The van der Waals surface area contributed by atoms with Gasteiger partial charge in [-0.15, -0.1) is 0 Å². The van der Waals surface area contributed by atoms with Gasteiger partial charge in [0.2, 0.25) is 0 Å². The van der Waals surface area contributed by atoms with Gasteiger partial charge >= 0.3 is 0 Å². The van der Waals surface area contributed by atoms with Gasteiger partial charge in [0.25, 0.3) is 0 Å². The first-order chi connectivity index (χ1) is 0. The van der Waals surface area contributed by atoms with E-state index in [0.29, 0.717) is 0 Å². The van der Waals surface area contributed by atoms with E-state index in [9.17, 15) is 0 Å². The molecule has 0 unspecified atom stereocenters. The van der Waals surface area contributed by atoms with Gasteiger partial charge in [0.05, 0.1) is 0 Å². The molecule has 0 aromatic rings. The molecule has 0 amide bonds. The molecule has 6 heavy (non-hydrogen) atoms. The molecule has 0 bridgehead atoms. The molecule has 0 atom stereocenters. The van der Waals surface area contributed by atoms with Crippen LogP contribution < -0.4 is 0 Å². The van der Waals surface area contributed by atoms with E-state index in [1.807, 2.05) is 0 Å². The van der Waals surface area contributed by atoms with Gasteiger partial charge < -0.3 is 0 Å². The minimum atomic E-state index is 0. The molecule has 0 N–H and O–H groups in total. The molecule has 43 valence electrons. The predicted molar refractivity (Wildman–Crippen MR) is 6.73 cm³/mol. The van der Waals surface area contributed by atoms with Crippen LogP contribution in [0.25, 0.3) is 0 Å². The van der Waals surface area contributed by atoms with Gasteiger partial charge in [0.1, 0.15) is 0 Å². The summed E-state index contributed by atoms with van der Waals surface area (Å²) in [6, 6.07) is 0. The van der Waals surface area contributed by atoms with Crippen molar-refractivity contribution in [3.63, 3.8) is 0 Å². The minimum absolute atomic E-state index is 0. The fraction of sp³-hybridized carbons (Fsp3) is 1.00. The summed E-state index contributed by atoms with van der Waals surface area (Å²) in [5.41, 5.74) is 0. The number of hydrogen-bond acceptors (Lipinski definition) is 0. The molecule has 0 aromatic carbocycles. The summed E-state index contributed by atoms with van der Waals surface area (Å²) in [6.45, 7) is 0. The summed E-state index contributed by atoms with van der Waals surface area (Å²) in [5, 5.41) is 0. The molecule has 0 aromatic heterocycles. The van der Waals surface area contributed by atoms with Crippen molar-refractivity contribution in [1.82, 2.24) is 0 Å². The summed E-state index contributed by atoms with van der Waals surface area (Å²) in [7, 11) is 0. The van der Waals surface area contributed by atoms with Crippen LogP contribution in [-0.4, -0.2) is 0 Å². The fourth-order valence-electron chi connectivity index (χ4n) is 0. The van der Waals surface area contributed by atoms with E-state index in [2.05, 4.69) is 0 Å². The maximum Gasteiger partial charge on any atom is 0 e. The molecular formula is CH4CrFeMnNiTi. The van der Waals surface area contributed by atoms with Crippen LogP contribution in [0.5, 0.6) is 0 Å². The zero-order valence-corrected chi connectivity index (χ0v) is 8.06. The monoisotopic (exact) mass is 285 g/mol. The smallest absolute Gasteiger partial charge is 0 e. The summed E-state index contributed by atoms with van der Waals surface area (Å²) < 4.78 is 0. The Hall–Kier alpha value is 2.78. The normalized spacial score (nSPS) is 0. The Morgan fingerprint density at radius 3 is 1.00 bits per heavy atom. The molecule has 0 aliphatic carbocycles. The van der Waals surface area contributed by atoms with Gasteiger partial charge in [0, 0.05) is 89.7 Å². The third-order valence-electron chi connectivity index (χ3n) is 0. The van der Waals surface area contributed by atoms with E-state index in [4.69, 9.17) is 0 Å². The average Bonchev–Trinajstić information content (AvgIpc) is 0. The van der Waals surface area contributed by atoms with Crippen LogP contribution in [0.4, 0.5) is 0 Å². The van der Waals surface area contributed by atoms with E-state index in [1.165, 1.54) is 0 Å². The van der Waals surface area contributed by atoms with Crippen molar-refractivity contribution >= 4 is 0 Å². The van der Waals surface area contributed by atoms with Gasteiger partial charge in [-0.2, -0.15) is 0 Å². The number of rotatable bonds is 0. The molecule has 1 radical (unpaired) electrons. The van der Waals surface area contributed by atoms with Crippen molar-refractivity contribution in [2.24, 2.45) is 0 Å². The molecule has 0 aliphatic heterocycles. The largest absolute Gasteiger partial charge is 0.0776 e. The first-order valence-corrected chi connectivity index (χ1v) is 0. The maximum atomic E-state index is 0. The van der Waals surface area contributed by atoms with Crippen LogP contribution >= 0.6 is 0 Å². The molecule has 0 fully saturated rings. The van der Waals surface area contributed by atoms with Gasteiger partial charge in [-0.1, -0.05) is 7.43 Å². The molecule has 0 saturated carbocycles. The summed E-state index contributed by atoms with van der Waals surface area (Å²) in [6.07, 6.45) is 0. The topological polar surface area (TPSA) is 0 Å². The Balaban J connectivity index is 0. The second kappa shape index (κ2) is 46.3. The predicted octanol–water partition coefficient (Wildman–Crippen LogP) is 0.624. The standard InChI is InChI=1S/CH4.Cr.Fe.Mn.Ni.Ti/h1H4;;;;;. The van der Waals surface area contributed by atoms with E-state index in [0.717, 1.165) is 0 Å². The van der Waals surface area contributed by atoms with E-state index in [1.54, 1.807) is 0 Å². The summed E-state index contributed by atoms with van der Waals surface area (Å²) >= 11 is 0. The Morgan fingerprint density at radius 2 is 1.00 bits per heavy atom. The van der Waals surface area contributed by atoms with Crippen LogP contribution in [0.3, 0.4) is 0 Å². The Labute approximate surface area is 95.9 Å². The Bertz CT molecular complexity index is 15.5. The minimum Gasteiger partial charge on any atom is -0.0776 e. The van der Waals surface area contributed by atoms with Crippen LogP contribution in [0, 0.1) is 0 Å². The third-order valence-corrected chi connectivity index (χ3v) is 0. The van der Waals surface area contributed by atoms with Crippen LogP contribution in [-0.2, 0) is 89.7 Å². The molecular weight excluding hydrogens is 281 g/mol. The Morgan fingerprint density at radius 1 is 1.00 bits per heavy atom. The van der Waals surface area contributed by atoms with Gasteiger partial charge in [-0.05, 0) is 0 Å². The van der Waals surface area contributed by atoms with Crippen molar-refractivity contribution in [3.8, 4) is 0 Å². The van der Waals surface area contributed by atoms with Gasteiger partial charge in [-0.25, -0.2) is 0 Å². The average molecular weight is 285 g/mol. The van der Waals surface area contributed by atoms with Crippen LogP contribution in [0.15, 0.2) is 0 Å². The van der Waals surface area contributed by atoms with Crippen molar-refractivity contribution < 1.29 is 89.7 Å². The molecule has 0 spiro atoms. The second-order valence-electron chi connectivity index (χ2n) is 0. The van der Waals surface area contributed by atoms with Crippen LogP contribution in [0.1, 0.15) is 7.43 Å². The summed E-state index contributed by atoms with van der Waals surface area (Å²) in [5.74, 6) is 0. The fourth-order valence-corrected chi connectivity index (χ4v) is 0. The zero-order chi connectivity index (χ0) is 0. The molecule has 0 saturated heterocycles. The zero-order valence-electron chi connectivity index (χ0n) is 1.96. The summed E-state index contributed by atoms with van der Waals surface area (Å²) in [4.78, 5) is 0. The molecule has 0 nitrogen and oxygen atoms in total. The molecule has 0 rings (SSSR count). The Kier molecular flexibility index (Phi) is 531. The first kappa shape index (κ1) is 68.8. The first-order valence-electron chi connectivity index (χ1n) is 0. The third kappa shape index (κ3) is 29.3. The van der Waals surface area contributed by atoms with E-state index in [-0.39, 0.29) is 97.1 Å².